The third kappa shape index (κ3) is 5.32. The molecule has 0 aliphatic carbocycles. The molecule has 1 rings (SSSR count). The predicted molar refractivity (Wildman–Crippen MR) is 68.7 cm³/mol. The van der Waals surface area contributed by atoms with Crippen LogP contribution >= 0.6 is 15.9 Å². The Kier molecular flexibility index (Phi) is 6.86. The number of alkyl halides is 1. The second-order valence-corrected chi connectivity index (χ2v) is 5.26. The molecule has 0 saturated carbocycles. The van der Waals surface area contributed by atoms with Gasteiger partial charge in [-0.25, -0.2) is 0 Å². The average Bonchev–Trinajstić information content (AvgIpc) is 2.42. The minimum Gasteiger partial charge on any atom is -0.377 e. The molecular weight excluding hydrogens is 254 g/mol. The van der Waals surface area contributed by atoms with Crippen molar-refractivity contribution in [2.24, 2.45) is 0 Å². The summed E-state index contributed by atoms with van der Waals surface area (Å²) in [7, 11) is 0. The Morgan fingerprint density at radius 3 is 2.80 bits per heavy atom. The molecule has 1 aliphatic heterocycles. The zero-order valence-corrected chi connectivity index (χ0v) is 11.6. The molecule has 1 aliphatic rings. The first-order valence-electron chi connectivity index (χ1n) is 6.15. The van der Waals surface area contributed by atoms with Crippen molar-refractivity contribution >= 4 is 15.9 Å². The lowest BCUT2D eigenvalue weighted by Gasteiger charge is -2.28. The van der Waals surface area contributed by atoms with Crippen LogP contribution in [0.1, 0.15) is 39.5 Å². The van der Waals surface area contributed by atoms with E-state index in [0.717, 1.165) is 24.5 Å². The van der Waals surface area contributed by atoms with Crippen LogP contribution in [0.3, 0.4) is 0 Å². The zero-order valence-electron chi connectivity index (χ0n) is 10.0. The summed E-state index contributed by atoms with van der Waals surface area (Å²) >= 11 is 3.62. The number of ether oxygens (including phenoxy) is 1. The lowest BCUT2D eigenvalue weighted by atomic mass is 10.1. The maximum Gasteiger partial charge on any atom is 0.0597 e. The highest BCUT2D eigenvalue weighted by molar-refractivity contribution is 9.09. The number of likely N-dealkylation sites (tertiary alicyclic amines) is 1. The summed E-state index contributed by atoms with van der Waals surface area (Å²) in [5, 5.41) is 1.11. The highest BCUT2D eigenvalue weighted by Crippen LogP contribution is 2.17. The number of hydrogen-bond acceptors (Lipinski definition) is 2. The number of nitrogens with zero attached hydrogens (tertiary/aromatic N) is 1. The minimum atomic E-state index is 0.361. The Bertz CT molecular complexity index is 164. The molecule has 0 aromatic carbocycles. The first-order chi connectivity index (χ1) is 7.24. The predicted octanol–water partition coefficient (Wildman–Crippen LogP) is 3.05. The van der Waals surface area contributed by atoms with Gasteiger partial charge in [0.05, 0.1) is 12.7 Å². The van der Waals surface area contributed by atoms with E-state index in [0.29, 0.717) is 6.10 Å². The summed E-state index contributed by atoms with van der Waals surface area (Å²) < 4.78 is 5.62. The van der Waals surface area contributed by atoms with Gasteiger partial charge < -0.3 is 4.74 Å². The fraction of sp³-hybridized carbons (Fsp3) is 1.00. The molecular formula is C12H24BrNO. The van der Waals surface area contributed by atoms with E-state index in [9.17, 15) is 0 Å². The van der Waals surface area contributed by atoms with Crippen LogP contribution in [0.15, 0.2) is 0 Å². The summed E-state index contributed by atoms with van der Waals surface area (Å²) in [6, 6.07) is 0.725. The molecule has 3 heteroatoms. The monoisotopic (exact) mass is 277 g/mol. The molecule has 0 aromatic rings. The molecule has 1 unspecified atom stereocenters. The zero-order chi connectivity index (χ0) is 11.1. The van der Waals surface area contributed by atoms with E-state index in [1.165, 1.54) is 32.2 Å². The van der Waals surface area contributed by atoms with Gasteiger partial charge in [-0.2, -0.15) is 0 Å². The molecule has 0 radical (unpaired) electrons. The molecule has 1 atom stereocenters. The van der Waals surface area contributed by atoms with Gasteiger partial charge in [-0.3, -0.25) is 4.90 Å². The van der Waals surface area contributed by atoms with Crippen LogP contribution in [-0.4, -0.2) is 42.1 Å². The fourth-order valence-corrected chi connectivity index (χ4v) is 2.84. The van der Waals surface area contributed by atoms with Crippen molar-refractivity contribution < 1.29 is 4.74 Å². The van der Waals surface area contributed by atoms with Crippen molar-refractivity contribution in [2.45, 2.75) is 51.7 Å². The minimum absolute atomic E-state index is 0.361. The van der Waals surface area contributed by atoms with Crippen LogP contribution in [0.5, 0.6) is 0 Å². The Morgan fingerprint density at radius 2 is 2.13 bits per heavy atom. The summed E-state index contributed by atoms with van der Waals surface area (Å²) in [5.41, 5.74) is 0. The maximum absolute atomic E-state index is 5.62. The van der Waals surface area contributed by atoms with E-state index >= 15 is 0 Å². The molecule has 1 fully saturated rings. The number of halogens is 1. The van der Waals surface area contributed by atoms with Crippen LogP contribution in [0.4, 0.5) is 0 Å². The van der Waals surface area contributed by atoms with Gasteiger partial charge in [0, 0.05) is 17.9 Å². The van der Waals surface area contributed by atoms with Crippen LogP contribution in [0, 0.1) is 0 Å². The summed E-state index contributed by atoms with van der Waals surface area (Å²) in [6.45, 7) is 7.42. The van der Waals surface area contributed by atoms with E-state index in [4.69, 9.17) is 4.74 Å². The van der Waals surface area contributed by atoms with Gasteiger partial charge in [0.2, 0.25) is 0 Å². The van der Waals surface area contributed by atoms with Crippen molar-refractivity contribution in [2.75, 3.05) is 25.0 Å². The quantitative estimate of drug-likeness (QED) is 0.717. The van der Waals surface area contributed by atoms with Gasteiger partial charge in [-0.15, -0.1) is 0 Å². The lowest BCUT2D eigenvalue weighted by Crippen LogP contribution is -2.38. The van der Waals surface area contributed by atoms with E-state index in [1.807, 2.05) is 0 Å². The fourth-order valence-electron chi connectivity index (χ4n) is 2.11. The first kappa shape index (κ1) is 13.5. The lowest BCUT2D eigenvalue weighted by molar-refractivity contribution is 0.0519. The molecule has 0 amide bonds. The average molecular weight is 278 g/mol. The Labute approximate surface area is 102 Å². The third-order valence-electron chi connectivity index (χ3n) is 3.01. The molecule has 0 bridgehead atoms. The van der Waals surface area contributed by atoms with Gasteiger partial charge >= 0.3 is 0 Å². The summed E-state index contributed by atoms with van der Waals surface area (Å²) in [4.78, 5) is 2.59. The van der Waals surface area contributed by atoms with Crippen LogP contribution in [0.2, 0.25) is 0 Å². The van der Waals surface area contributed by atoms with Crippen LogP contribution < -0.4 is 0 Å². The summed E-state index contributed by atoms with van der Waals surface area (Å²) in [5.74, 6) is 0. The first-order valence-corrected chi connectivity index (χ1v) is 7.27. The summed E-state index contributed by atoms with van der Waals surface area (Å²) in [6.07, 6.45) is 5.83. The van der Waals surface area contributed by atoms with Crippen molar-refractivity contribution in [1.29, 1.82) is 0 Å². The van der Waals surface area contributed by atoms with Crippen molar-refractivity contribution in [1.82, 2.24) is 4.90 Å². The van der Waals surface area contributed by atoms with E-state index < -0.39 is 0 Å². The highest BCUT2D eigenvalue weighted by atomic mass is 79.9. The van der Waals surface area contributed by atoms with Gasteiger partial charge in [0.15, 0.2) is 0 Å². The van der Waals surface area contributed by atoms with Crippen LogP contribution in [-0.2, 0) is 4.74 Å². The second-order valence-electron chi connectivity index (χ2n) is 4.61. The molecule has 0 aromatic heterocycles. The van der Waals surface area contributed by atoms with Gasteiger partial charge in [0.25, 0.3) is 0 Å². The van der Waals surface area contributed by atoms with E-state index in [2.05, 4.69) is 34.7 Å². The molecule has 90 valence electrons. The normalized spacial score (nSPS) is 24.4. The second kappa shape index (κ2) is 7.64. The standard InChI is InChI=1S/C12H24BrNO/c1-11(2)15-9-8-14-7-5-3-4-6-12(14)10-13/h11-12H,3-10H2,1-2H3. The highest BCUT2D eigenvalue weighted by Gasteiger charge is 2.19. The number of rotatable bonds is 5. The van der Waals surface area contributed by atoms with E-state index in [-0.39, 0.29) is 0 Å². The van der Waals surface area contributed by atoms with Gasteiger partial charge in [0.1, 0.15) is 0 Å². The Hall–Kier alpha value is 0.400. The largest absolute Gasteiger partial charge is 0.377 e. The van der Waals surface area contributed by atoms with E-state index in [1.54, 1.807) is 0 Å². The molecule has 15 heavy (non-hydrogen) atoms. The van der Waals surface area contributed by atoms with Gasteiger partial charge in [-0.05, 0) is 33.2 Å². The smallest absolute Gasteiger partial charge is 0.0597 e. The van der Waals surface area contributed by atoms with Crippen LogP contribution in [0.25, 0.3) is 0 Å². The molecule has 0 N–H and O–H groups in total. The molecule has 2 nitrogen and oxygen atoms in total. The number of hydrogen-bond donors (Lipinski definition) is 0. The van der Waals surface area contributed by atoms with Crippen molar-refractivity contribution in [3.05, 3.63) is 0 Å². The third-order valence-corrected chi connectivity index (χ3v) is 3.75. The van der Waals surface area contributed by atoms with Crippen molar-refractivity contribution in [3.8, 4) is 0 Å². The maximum atomic E-state index is 5.62. The Morgan fingerprint density at radius 1 is 1.33 bits per heavy atom. The van der Waals surface area contributed by atoms with Gasteiger partial charge in [-0.1, -0.05) is 28.8 Å². The SMILES string of the molecule is CC(C)OCCN1CCCCCC1CBr. The Balaban J connectivity index is 2.28. The molecule has 0 spiro atoms. The molecule has 1 heterocycles. The van der Waals surface area contributed by atoms with Crippen molar-refractivity contribution in [3.63, 3.8) is 0 Å². The topological polar surface area (TPSA) is 12.5 Å². The molecule has 1 saturated heterocycles.